The van der Waals surface area contributed by atoms with Crippen molar-refractivity contribution in [3.05, 3.63) is 56.8 Å². The van der Waals surface area contributed by atoms with E-state index >= 15 is 0 Å². The molecule has 0 fully saturated rings. The van der Waals surface area contributed by atoms with Crippen molar-refractivity contribution in [2.45, 2.75) is 12.5 Å². The topological polar surface area (TPSA) is 89.6 Å². The third-order valence-corrected chi connectivity index (χ3v) is 4.34. The Bertz CT molecular complexity index is 910. The Kier molecular flexibility index (Phi) is 5.38. The highest BCUT2D eigenvalue weighted by Gasteiger charge is 2.23. The normalized spacial score (nSPS) is 16.6. The molecule has 0 saturated carbocycles. The molecule has 6 nitrogen and oxygen atoms in total. The van der Waals surface area contributed by atoms with Crippen LogP contribution in [0, 0.1) is 11.6 Å². The first-order valence-electron chi connectivity index (χ1n) is 7.42. The average Bonchev–Trinajstić information content (AvgIpc) is 2.57. The molecular formula is C16H12BrClF2N4O2. The van der Waals surface area contributed by atoms with Gasteiger partial charge in [0.1, 0.15) is 5.69 Å². The summed E-state index contributed by atoms with van der Waals surface area (Å²) >= 11 is 9.17. The molecule has 1 aliphatic heterocycles. The van der Waals surface area contributed by atoms with Gasteiger partial charge in [0.25, 0.3) is 11.9 Å². The third-order valence-electron chi connectivity index (χ3n) is 3.62. The second-order valence-electron chi connectivity index (χ2n) is 5.42. The van der Waals surface area contributed by atoms with Crippen LogP contribution in [0.5, 0.6) is 0 Å². The predicted octanol–water partition coefficient (Wildman–Crippen LogP) is 3.80. The van der Waals surface area contributed by atoms with Crippen LogP contribution < -0.4 is 11.1 Å². The summed E-state index contributed by atoms with van der Waals surface area (Å²) in [6.07, 6.45) is 1.73. The first kappa shape index (κ1) is 18.5. The number of amidine groups is 1. The smallest absolute Gasteiger partial charge is 0.282 e. The number of anilines is 1. The summed E-state index contributed by atoms with van der Waals surface area (Å²) in [6.45, 7) is 0.232. The van der Waals surface area contributed by atoms with Crippen molar-refractivity contribution in [2.24, 2.45) is 10.7 Å². The van der Waals surface area contributed by atoms with Gasteiger partial charge in [-0.25, -0.2) is 18.8 Å². The minimum absolute atomic E-state index is 0.0265. The number of ether oxygens (including phenoxy) is 1. The molecule has 1 aliphatic rings. The fourth-order valence-electron chi connectivity index (χ4n) is 2.45. The third kappa shape index (κ3) is 3.94. The van der Waals surface area contributed by atoms with Crippen LogP contribution in [0.15, 0.2) is 33.9 Å². The maximum Gasteiger partial charge on any atom is 0.282 e. The minimum Gasteiger partial charge on any atom is -0.465 e. The Morgan fingerprint density at radius 1 is 1.38 bits per heavy atom. The van der Waals surface area contributed by atoms with E-state index in [1.54, 1.807) is 0 Å². The second kappa shape index (κ2) is 7.55. The van der Waals surface area contributed by atoms with Crippen LogP contribution in [0.4, 0.5) is 14.5 Å². The van der Waals surface area contributed by atoms with Gasteiger partial charge in [-0.3, -0.25) is 4.79 Å². The Hall–Kier alpha value is -2.26. The van der Waals surface area contributed by atoms with Crippen LogP contribution >= 0.6 is 27.5 Å². The number of benzene rings is 1. The van der Waals surface area contributed by atoms with Gasteiger partial charge < -0.3 is 15.8 Å². The van der Waals surface area contributed by atoms with Gasteiger partial charge in [0.15, 0.2) is 11.6 Å². The number of aromatic nitrogens is 1. The van der Waals surface area contributed by atoms with E-state index in [1.165, 1.54) is 18.3 Å². The van der Waals surface area contributed by atoms with Crippen molar-refractivity contribution in [2.75, 3.05) is 11.9 Å². The van der Waals surface area contributed by atoms with Gasteiger partial charge in [0.05, 0.1) is 17.7 Å². The SMILES string of the molecule is NC1=NC(c2cc(NC(=O)c3ncc(Br)cc3Cl)cc(F)c2F)CCO1. The van der Waals surface area contributed by atoms with Crippen molar-refractivity contribution in [3.63, 3.8) is 0 Å². The van der Waals surface area contributed by atoms with Crippen LogP contribution in [0.1, 0.15) is 28.5 Å². The molecule has 0 aliphatic carbocycles. The lowest BCUT2D eigenvalue weighted by molar-refractivity contribution is 0.102. The molecular weight excluding hydrogens is 434 g/mol. The predicted molar refractivity (Wildman–Crippen MR) is 96.2 cm³/mol. The zero-order valence-electron chi connectivity index (χ0n) is 13.1. The number of halogens is 4. The molecule has 1 aromatic carbocycles. The Morgan fingerprint density at radius 3 is 2.85 bits per heavy atom. The van der Waals surface area contributed by atoms with Gasteiger partial charge in [-0.15, -0.1) is 0 Å². The quantitative estimate of drug-likeness (QED) is 0.752. The molecule has 0 radical (unpaired) electrons. The van der Waals surface area contributed by atoms with Crippen LogP contribution in [0.25, 0.3) is 0 Å². The molecule has 0 saturated heterocycles. The molecule has 1 atom stereocenters. The number of hydrogen-bond acceptors (Lipinski definition) is 5. The lowest BCUT2D eigenvalue weighted by Gasteiger charge is -2.20. The van der Waals surface area contributed by atoms with E-state index in [0.717, 1.165) is 6.07 Å². The van der Waals surface area contributed by atoms with E-state index in [0.29, 0.717) is 10.9 Å². The van der Waals surface area contributed by atoms with E-state index in [-0.39, 0.29) is 34.6 Å². The Morgan fingerprint density at radius 2 is 2.15 bits per heavy atom. The van der Waals surface area contributed by atoms with Crippen molar-refractivity contribution in [1.29, 1.82) is 0 Å². The molecule has 26 heavy (non-hydrogen) atoms. The van der Waals surface area contributed by atoms with E-state index in [1.807, 2.05) is 0 Å². The van der Waals surface area contributed by atoms with Crippen molar-refractivity contribution < 1.29 is 18.3 Å². The fourth-order valence-corrected chi connectivity index (χ4v) is 3.17. The van der Waals surface area contributed by atoms with Crippen molar-refractivity contribution in [1.82, 2.24) is 4.98 Å². The number of nitrogens with one attached hydrogen (secondary N) is 1. The largest absolute Gasteiger partial charge is 0.465 e. The summed E-state index contributed by atoms with van der Waals surface area (Å²) in [6, 6.07) is 2.87. The highest BCUT2D eigenvalue weighted by atomic mass is 79.9. The molecule has 2 heterocycles. The van der Waals surface area contributed by atoms with E-state index < -0.39 is 23.6 Å². The van der Waals surface area contributed by atoms with Gasteiger partial charge in [-0.1, -0.05) is 11.6 Å². The lowest BCUT2D eigenvalue weighted by atomic mass is 10.0. The maximum absolute atomic E-state index is 14.2. The van der Waals surface area contributed by atoms with Gasteiger partial charge in [0, 0.05) is 34.4 Å². The zero-order chi connectivity index (χ0) is 18.8. The first-order valence-corrected chi connectivity index (χ1v) is 8.59. The van der Waals surface area contributed by atoms with Crippen LogP contribution in [0.3, 0.4) is 0 Å². The number of carbonyl (C=O) groups excluding carboxylic acids is 1. The van der Waals surface area contributed by atoms with Gasteiger partial charge in [0.2, 0.25) is 0 Å². The molecule has 1 unspecified atom stereocenters. The number of hydrogen-bond donors (Lipinski definition) is 2. The van der Waals surface area contributed by atoms with E-state index in [2.05, 4.69) is 31.2 Å². The Labute approximate surface area is 160 Å². The molecule has 3 rings (SSSR count). The molecule has 136 valence electrons. The van der Waals surface area contributed by atoms with Gasteiger partial charge in [-0.05, 0) is 28.1 Å². The highest BCUT2D eigenvalue weighted by molar-refractivity contribution is 9.10. The van der Waals surface area contributed by atoms with Crippen LogP contribution in [0.2, 0.25) is 5.02 Å². The van der Waals surface area contributed by atoms with Crippen LogP contribution in [-0.4, -0.2) is 23.5 Å². The summed E-state index contributed by atoms with van der Waals surface area (Å²) in [5, 5.41) is 2.57. The summed E-state index contributed by atoms with van der Waals surface area (Å²) in [5.74, 6) is -2.83. The number of pyridine rings is 1. The minimum atomic E-state index is -1.12. The number of nitrogens with zero attached hydrogens (tertiary/aromatic N) is 2. The number of amides is 1. The molecule has 0 spiro atoms. The van der Waals surface area contributed by atoms with Gasteiger partial charge in [-0.2, -0.15) is 0 Å². The summed E-state index contributed by atoms with van der Waals surface area (Å²) in [7, 11) is 0. The first-order chi connectivity index (χ1) is 12.3. The molecule has 2 aromatic rings. The molecule has 3 N–H and O–H groups in total. The summed E-state index contributed by atoms with van der Waals surface area (Å²) < 4.78 is 33.8. The maximum atomic E-state index is 14.2. The lowest BCUT2D eigenvalue weighted by Crippen LogP contribution is -2.24. The van der Waals surface area contributed by atoms with Crippen LogP contribution in [-0.2, 0) is 4.74 Å². The highest BCUT2D eigenvalue weighted by Crippen LogP contribution is 2.31. The molecule has 1 aromatic heterocycles. The Balaban J connectivity index is 1.91. The second-order valence-corrected chi connectivity index (χ2v) is 6.74. The van der Waals surface area contributed by atoms with E-state index in [9.17, 15) is 13.6 Å². The van der Waals surface area contributed by atoms with Gasteiger partial charge >= 0.3 is 0 Å². The number of rotatable bonds is 3. The number of aliphatic imine (C=N–C) groups is 1. The summed E-state index contributed by atoms with van der Waals surface area (Å²) in [5.41, 5.74) is 5.46. The fraction of sp³-hybridized carbons (Fsp3) is 0.188. The monoisotopic (exact) mass is 444 g/mol. The molecule has 1 amide bonds. The van der Waals surface area contributed by atoms with Crippen molar-refractivity contribution >= 4 is 45.1 Å². The zero-order valence-corrected chi connectivity index (χ0v) is 15.4. The average molecular weight is 446 g/mol. The number of nitrogens with two attached hydrogens (primary N) is 1. The molecule has 0 bridgehead atoms. The number of carbonyl (C=O) groups is 1. The standard InChI is InChI=1S/C16H12BrClF2N4O2/c17-7-3-10(18)14(22-6-7)15(25)23-8-4-9(13(20)11(19)5-8)12-1-2-26-16(21)24-12/h3-6,12H,1-2H2,(H2,21,24)(H,23,25). The molecule has 10 heteroatoms. The van der Waals surface area contributed by atoms with Crippen molar-refractivity contribution in [3.8, 4) is 0 Å². The summed E-state index contributed by atoms with van der Waals surface area (Å²) in [4.78, 5) is 20.2. The van der Waals surface area contributed by atoms with E-state index in [4.69, 9.17) is 22.1 Å².